The van der Waals surface area contributed by atoms with Crippen LogP contribution in [0.4, 0.5) is 11.4 Å². The van der Waals surface area contributed by atoms with Crippen molar-refractivity contribution in [2.45, 2.75) is 31.7 Å². The van der Waals surface area contributed by atoms with E-state index in [0.29, 0.717) is 5.92 Å². The van der Waals surface area contributed by atoms with Gasteiger partial charge in [-0.05, 0) is 51.1 Å². The molecule has 8 heteroatoms. The Morgan fingerprint density at radius 1 is 1.21 bits per heavy atom. The predicted octanol–water partition coefficient (Wildman–Crippen LogP) is 4.41. The predicted molar refractivity (Wildman–Crippen MR) is 114 cm³/mol. The summed E-state index contributed by atoms with van der Waals surface area (Å²) >= 11 is 1.75. The fourth-order valence-electron chi connectivity index (χ4n) is 3.74. The lowest BCUT2D eigenvalue weighted by Crippen LogP contribution is -2.45. The molecule has 1 aliphatic rings. The van der Waals surface area contributed by atoms with E-state index < -0.39 is 4.92 Å². The van der Waals surface area contributed by atoms with E-state index in [0.717, 1.165) is 31.4 Å². The van der Waals surface area contributed by atoms with E-state index in [9.17, 15) is 14.9 Å². The molecule has 0 unspecified atom stereocenters. The minimum Gasteiger partial charge on any atom is -0.319 e. The number of para-hydroxylation sites is 3. The van der Waals surface area contributed by atoms with Gasteiger partial charge in [0.15, 0.2) is 0 Å². The lowest BCUT2D eigenvalue weighted by atomic mass is 9.96. The number of amides is 1. The molecule has 0 bridgehead atoms. The zero-order valence-corrected chi connectivity index (χ0v) is 16.9. The second-order valence-corrected chi connectivity index (χ2v) is 8.33. The van der Waals surface area contributed by atoms with Gasteiger partial charge in [0.2, 0.25) is 5.91 Å². The monoisotopic (exact) mass is 410 g/mol. The van der Waals surface area contributed by atoms with Crippen LogP contribution in [-0.4, -0.2) is 39.8 Å². The Balaban J connectivity index is 1.38. The van der Waals surface area contributed by atoms with Crippen LogP contribution < -0.4 is 5.32 Å². The molecule has 1 aliphatic heterocycles. The number of hydrogen-bond donors (Lipinski definition) is 1. The van der Waals surface area contributed by atoms with Crippen molar-refractivity contribution >= 4 is 38.8 Å². The maximum Gasteiger partial charge on any atom is 0.292 e. The zero-order valence-electron chi connectivity index (χ0n) is 16.1. The number of nitrogens with zero attached hydrogens (tertiary/aromatic N) is 3. The first kappa shape index (κ1) is 19.5. The standard InChI is InChI=1S/C21H22N4O3S/c1-14(20(26)22-16-6-2-4-8-18(16)25(27)28)24-12-10-15(11-13-24)21-23-17-7-3-5-9-19(17)29-21/h2-9,14-15H,10-13H2,1H3,(H,22,26)/t14-/m0/s1. The van der Waals surface area contributed by atoms with Crippen molar-refractivity contribution in [1.29, 1.82) is 0 Å². The van der Waals surface area contributed by atoms with Crippen molar-refractivity contribution in [2.24, 2.45) is 0 Å². The van der Waals surface area contributed by atoms with Crippen LogP contribution in [0.3, 0.4) is 0 Å². The molecule has 1 N–H and O–H groups in total. The number of rotatable bonds is 5. The number of hydrogen-bond acceptors (Lipinski definition) is 6. The number of carbonyl (C=O) groups excluding carboxylic acids is 1. The molecule has 2 heterocycles. The minimum atomic E-state index is -0.482. The smallest absolute Gasteiger partial charge is 0.292 e. The third-order valence-electron chi connectivity index (χ3n) is 5.47. The Labute approximate surface area is 172 Å². The Bertz CT molecular complexity index is 1010. The second kappa shape index (κ2) is 8.26. The highest BCUT2D eigenvalue weighted by Gasteiger charge is 2.29. The highest BCUT2D eigenvalue weighted by molar-refractivity contribution is 7.18. The van der Waals surface area contributed by atoms with Gasteiger partial charge in [-0.25, -0.2) is 4.98 Å². The lowest BCUT2D eigenvalue weighted by Gasteiger charge is -2.34. The van der Waals surface area contributed by atoms with Crippen molar-refractivity contribution in [2.75, 3.05) is 18.4 Å². The molecule has 1 amide bonds. The Hall–Kier alpha value is -2.84. The summed E-state index contributed by atoms with van der Waals surface area (Å²) in [5.41, 5.74) is 1.19. The van der Waals surface area contributed by atoms with E-state index in [1.165, 1.54) is 15.8 Å². The highest BCUT2D eigenvalue weighted by atomic mass is 32.1. The molecular weight excluding hydrogens is 388 g/mol. The van der Waals surface area contributed by atoms with Crippen LogP contribution in [0.1, 0.15) is 30.7 Å². The van der Waals surface area contributed by atoms with Crippen molar-refractivity contribution < 1.29 is 9.72 Å². The number of likely N-dealkylation sites (tertiary alicyclic amines) is 1. The largest absolute Gasteiger partial charge is 0.319 e. The first-order valence-electron chi connectivity index (χ1n) is 9.66. The van der Waals surface area contributed by atoms with Gasteiger partial charge >= 0.3 is 0 Å². The SMILES string of the molecule is C[C@@H](C(=O)Nc1ccccc1[N+](=O)[O-])N1CCC(c2nc3ccccc3s2)CC1. The summed E-state index contributed by atoms with van der Waals surface area (Å²) in [5.74, 6) is 0.187. The molecule has 7 nitrogen and oxygen atoms in total. The van der Waals surface area contributed by atoms with Gasteiger partial charge in [-0.2, -0.15) is 0 Å². The van der Waals surface area contributed by atoms with Crippen molar-refractivity contribution in [3.8, 4) is 0 Å². The molecule has 2 aromatic carbocycles. The lowest BCUT2D eigenvalue weighted by molar-refractivity contribution is -0.383. The van der Waals surface area contributed by atoms with Gasteiger partial charge in [0.25, 0.3) is 5.69 Å². The molecule has 1 aromatic heterocycles. The third-order valence-corrected chi connectivity index (χ3v) is 6.67. The van der Waals surface area contributed by atoms with E-state index in [1.807, 2.05) is 25.1 Å². The number of nitro groups is 1. The molecule has 150 valence electrons. The van der Waals surface area contributed by atoms with Crippen LogP contribution in [-0.2, 0) is 4.79 Å². The Morgan fingerprint density at radius 3 is 2.62 bits per heavy atom. The first-order chi connectivity index (χ1) is 14.0. The fraction of sp³-hybridized carbons (Fsp3) is 0.333. The molecule has 1 atom stereocenters. The van der Waals surface area contributed by atoms with Crippen LogP contribution in [0.2, 0.25) is 0 Å². The molecule has 4 rings (SSSR count). The number of thiazole rings is 1. The summed E-state index contributed by atoms with van der Waals surface area (Å²) < 4.78 is 1.21. The van der Waals surface area contributed by atoms with Gasteiger partial charge < -0.3 is 5.32 Å². The average molecular weight is 410 g/mol. The topological polar surface area (TPSA) is 88.4 Å². The van der Waals surface area contributed by atoms with Gasteiger partial charge in [-0.3, -0.25) is 19.8 Å². The number of carbonyl (C=O) groups is 1. The molecule has 0 saturated carbocycles. The molecule has 0 radical (unpaired) electrons. The summed E-state index contributed by atoms with van der Waals surface area (Å²) in [6.07, 6.45) is 1.89. The van der Waals surface area contributed by atoms with Crippen LogP contribution in [0.15, 0.2) is 48.5 Å². The average Bonchev–Trinajstić information content (AvgIpc) is 3.18. The maximum absolute atomic E-state index is 12.7. The van der Waals surface area contributed by atoms with Gasteiger partial charge in [0, 0.05) is 12.0 Å². The summed E-state index contributed by atoms with van der Waals surface area (Å²) in [6.45, 7) is 3.44. The summed E-state index contributed by atoms with van der Waals surface area (Å²) in [6, 6.07) is 14.0. The number of nitro benzene ring substituents is 1. The van der Waals surface area contributed by atoms with Crippen LogP contribution in [0.25, 0.3) is 10.2 Å². The maximum atomic E-state index is 12.7. The van der Waals surface area contributed by atoms with Gasteiger partial charge in [0.05, 0.1) is 26.2 Å². The van der Waals surface area contributed by atoms with E-state index in [1.54, 1.807) is 29.5 Å². The molecular formula is C21H22N4O3S. The van der Waals surface area contributed by atoms with Gasteiger partial charge in [-0.1, -0.05) is 24.3 Å². The Morgan fingerprint density at radius 2 is 1.90 bits per heavy atom. The van der Waals surface area contributed by atoms with Crippen LogP contribution >= 0.6 is 11.3 Å². The number of nitrogens with one attached hydrogen (secondary N) is 1. The number of piperidine rings is 1. The zero-order chi connectivity index (χ0) is 20.4. The van der Waals surface area contributed by atoms with Crippen molar-refractivity contribution in [1.82, 2.24) is 9.88 Å². The van der Waals surface area contributed by atoms with Crippen LogP contribution in [0.5, 0.6) is 0 Å². The van der Waals surface area contributed by atoms with Crippen LogP contribution in [0, 0.1) is 10.1 Å². The molecule has 3 aromatic rings. The van der Waals surface area contributed by atoms with E-state index in [-0.39, 0.29) is 23.3 Å². The number of aromatic nitrogens is 1. The summed E-state index contributed by atoms with van der Waals surface area (Å²) in [4.78, 5) is 30.2. The molecule has 0 spiro atoms. The summed E-state index contributed by atoms with van der Waals surface area (Å²) in [5, 5.41) is 15.0. The van der Waals surface area contributed by atoms with Gasteiger partial charge in [0.1, 0.15) is 5.69 Å². The van der Waals surface area contributed by atoms with E-state index >= 15 is 0 Å². The number of anilines is 1. The number of benzene rings is 2. The molecule has 1 saturated heterocycles. The normalized spacial score (nSPS) is 16.6. The second-order valence-electron chi connectivity index (χ2n) is 7.27. The molecule has 0 aliphatic carbocycles. The highest BCUT2D eigenvalue weighted by Crippen LogP contribution is 2.34. The minimum absolute atomic E-state index is 0.0948. The molecule has 29 heavy (non-hydrogen) atoms. The quantitative estimate of drug-likeness (QED) is 0.497. The van der Waals surface area contributed by atoms with E-state index in [2.05, 4.69) is 16.3 Å². The summed E-state index contributed by atoms with van der Waals surface area (Å²) in [7, 11) is 0. The van der Waals surface area contributed by atoms with E-state index in [4.69, 9.17) is 4.98 Å². The Kier molecular flexibility index (Phi) is 5.55. The van der Waals surface area contributed by atoms with Crippen molar-refractivity contribution in [3.05, 3.63) is 63.7 Å². The fourth-order valence-corrected chi connectivity index (χ4v) is 4.88. The first-order valence-corrected chi connectivity index (χ1v) is 10.5. The van der Waals surface area contributed by atoms with Gasteiger partial charge in [-0.15, -0.1) is 11.3 Å². The number of fused-ring (bicyclic) bond motifs is 1. The third kappa shape index (κ3) is 4.13. The molecule has 1 fully saturated rings. The van der Waals surface area contributed by atoms with Crippen molar-refractivity contribution in [3.63, 3.8) is 0 Å².